The van der Waals surface area contributed by atoms with Crippen LogP contribution in [0.2, 0.25) is 0 Å². The number of nitrogens with two attached hydrogens (primary N) is 2. The lowest BCUT2D eigenvalue weighted by Gasteiger charge is -2.43. The van der Waals surface area contributed by atoms with Crippen LogP contribution in [-0.2, 0) is 4.74 Å². The minimum absolute atomic E-state index is 0.0791. The lowest BCUT2D eigenvalue weighted by atomic mass is 9.98. The highest BCUT2D eigenvalue weighted by Gasteiger charge is 2.31. The van der Waals surface area contributed by atoms with Crippen LogP contribution in [0.1, 0.15) is 24.9 Å². The molecule has 0 aliphatic carbocycles. The minimum atomic E-state index is -0.779. The van der Waals surface area contributed by atoms with E-state index in [0.717, 1.165) is 24.2 Å². The van der Waals surface area contributed by atoms with Crippen molar-refractivity contribution < 1.29 is 13.9 Å². The minimum Gasteiger partial charge on any atom is -0.448 e. The average Bonchev–Trinajstić information content (AvgIpc) is 2.29. The molecule has 1 aromatic rings. The summed E-state index contributed by atoms with van der Waals surface area (Å²) < 4.78 is 18.1. The molecular formula is C13H18FN3O2. The molecule has 0 bridgehead atoms. The first kappa shape index (κ1) is 13.6. The molecule has 19 heavy (non-hydrogen) atoms. The molecule has 5 nitrogen and oxygen atoms in total. The number of hydrogen-bond donors (Lipinski definition) is 2. The summed E-state index contributed by atoms with van der Waals surface area (Å²) in [4.78, 5) is 12.7. The summed E-state index contributed by atoms with van der Waals surface area (Å²) >= 11 is 0. The molecule has 4 N–H and O–H groups in total. The van der Waals surface area contributed by atoms with Gasteiger partial charge in [-0.05, 0) is 37.1 Å². The zero-order valence-electron chi connectivity index (χ0n) is 10.8. The molecule has 2 atom stereocenters. The van der Waals surface area contributed by atoms with Crippen LogP contribution >= 0.6 is 0 Å². The first-order chi connectivity index (χ1) is 8.99. The van der Waals surface area contributed by atoms with E-state index in [9.17, 15) is 9.18 Å². The van der Waals surface area contributed by atoms with Crippen LogP contribution in [0.25, 0.3) is 0 Å². The highest BCUT2D eigenvalue weighted by atomic mass is 19.1. The standard InChI is InChI=1S/C13H18FN3O2/c1-8(15)11-6-9(14)2-3-12(11)17-5-4-10(17)7-19-13(16)18/h2-3,6,8,10H,4-5,7,15H2,1H3,(H2,16,18). The molecule has 1 heterocycles. The van der Waals surface area contributed by atoms with Crippen LogP contribution in [-0.4, -0.2) is 25.3 Å². The SMILES string of the molecule is CC(N)c1cc(F)ccc1N1CCC1COC(N)=O. The summed E-state index contributed by atoms with van der Waals surface area (Å²) in [6.45, 7) is 2.89. The number of hydrogen-bond acceptors (Lipinski definition) is 4. The Balaban J connectivity index is 2.15. The quantitative estimate of drug-likeness (QED) is 0.866. The predicted octanol–water partition coefficient (Wildman–Crippen LogP) is 1.52. The average molecular weight is 267 g/mol. The number of primary amides is 1. The number of amides is 1. The second-order valence-electron chi connectivity index (χ2n) is 4.76. The normalized spacial score (nSPS) is 19.7. The summed E-state index contributed by atoms with van der Waals surface area (Å²) in [5.74, 6) is -0.304. The van der Waals surface area contributed by atoms with Gasteiger partial charge < -0.3 is 21.1 Å². The summed E-state index contributed by atoms with van der Waals surface area (Å²) in [5, 5.41) is 0. The molecule has 1 saturated heterocycles. The molecule has 104 valence electrons. The van der Waals surface area contributed by atoms with Crippen molar-refractivity contribution in [3.63, 3.8) is 0 Å². The Morgan fingerprint density at radius 3 is 2.89 bits per heavy atom. The van der Waals surface area contributed by atoms with Gasteiger partial charge >= 0.3 is 6.09 Å². The number of anilines is 1. The van der Waals surface area contributed by atoms with E-state index in [1.54, 1.807) is 6.07 Å². The Labute approximate surface area is 111 Å². The topological polar surface area (TPSA) is 81.6 Å². The monoisotopic (exact) mass is 267 g/mol. The van der Waals surface area contributed by atoms with Crippen molar-refractivity contribution >= 4 is 11.8 Å². The zero-order valence-corrected chi connectivity index (χ0v) is 10.8. The van der Waals surface area contributed by atoms with Gasteiger partial charge in [-0.1, -0.05) is 0 Å². The number of rotatable bonds is 4. The molecule has 1 aliphatic rings. The summed E-state index contributed by atoms with van der Waals surface area (Å²) in [6, 6.07) is 4.39. The van der Waals surface area contributed by atoms with Crippen molar-refractivity contribution in [2.75, 3.05) is 18.1 Å². The van der Waals surface area contributed by atoms with Crippen molar-refractivity contribution in [3.8, 4) is 0 Å². The van der Waals surface area contributed by atoms with Crippen LogP contribution in [0.5, 0.6) is 0 Å². The third-order valence-corrected chi connectivity index (χ3v) is 3.35. The summed E-state index contributed by atoms with van der Waals surface area (Å²) in [7, 11) is 0. The summed E-state index contributed by atoms with van der Waals surface area (Å²) in [6.07, 6.45) is 0.127. The molecule has 0 aromatic heterocycles. The molecule has 1 aliphatic heterocycles. The molecular weight excluding hydrogens is 249 g/mol. The molecule has 2 rings (SSSR count). The number of carbonyl (C=O) groups is 1. The Bertz CT molecular complexity index is 479. The van der Waals surface area contributed by atoms with Gasteiger partial charge in [0.1, 0.15) is 12.4 Å². The highest BCUT2D eigenvalue weighted by molar-refractivity contribution is 5.65. The fourth-order valence-corrected chi connectivity index (χ4v) is 2.26. The maximum Gasteiger partial charge on any atom is 0.404 e. The first-order valence-corrected chi connectivity index (χ1v) is 6.23. The van der Waals surface area contributed by atoms with Gasteiger partial charge in [-0.3, -0.25) is 0 Å². The smallest absolute Gasteiger partial charge is 0.404 e. The van der Waals surface area contributed by atoms with Gasteiger partial charge in [0.05, 0.1) is 6.04 Å². The highest BCUT2D eigenvalue weighted by Crippen LogP contribution is 2.32. The second-order valence-corrected chi connectivity index (χ2v) is 4.76. The van der Waals surface area contributed by atoms with Crippen molar-refractivity contribution in [1.29, 1.82) is 0 Å². The van der Waals surface area contributed by atoms with E-state index in [1.165, 1.54) is 12.1 Å². The third kappa shape index (κ3) is 2.96. The van der Waals surface area contributed by atoms with Gasteiger partial charge in [0.15, 0.2) is 0 Å². The van der Waals surface area contributed by atoms with Crippen LogP contribution < -0.4 is 16.4 Å². The van der Waals surface area contributed by atoms with E-state index in [1.807, 2.05) is 6.92 Å². The Kier molecular flexibility index (Phi) is 3.90. The van der Waals surface area contributed by atoms with E-state index in [4.69, 9.17) is 16.2 Å². The number of ether oxygens (including phenoxy) is 1. The van der Waals surface area contributed by atoms with Gasteiger partial charge in [-0.2, -0.15) is 0 Å². The van der Waals surface area contributed by atoms with Crippen molar-refractivity contribution in [2.24, 2.45) is 11.5 Å². The van der Waals surface area contributed by atoms with Gasteiger partial charge in [0.25, 0.3) is 0 Å². The molecule has 0 saturated carbocycles. The number of halogens is 1. The third-order valence-electron chi connectivity index (χ3n) is 3.35. The van der Waals surface area contributed by atoms with Crippen LogP contribution in [0.4, 0.5) is 14.9 Å². The molecule has 1 fully saturated rings. The van der Waals surface area contributed by atoms with Crippen molar-refractivity contribution in [1.82, 2.24) is 0 Å². The maximum atomic E-state index is 13.3. The van der Waals surface area contributed by atoms with E-state index < -0.39 is 6.09 Å². The van der Waals surface area contributed by atoms with Crippen LogP contribution in [0.15, 0.2) is 18.2 Å². The van der Waals surface area contributed by atoms with Gasteiger partial charge in [-0.15, -0.1) is 0 Å². The van der Waals surface area contributed by atoms with Crippen molar-refractivity contribution in [3.05, 3.63) is 29.6 Å². The predicted molar refractivity (Wildman–Crippen MR) is 70.3 cm³/mol. The number of benzene rings is 1. The van der Waals surface area contributed by atoms with E-state index in [-0.39, 0.29) is 24.5 Å². The van der Waals surface area contributed by atoms with Gasteiger partial charge in [0, 0.05) is 18.3 Å². The molecule has 2 unspecified atom stereocenters. The van der Waals surface area contributed by atoms with Gasteiger partial charge in [0.2, 0.25) is 0 Å². The molecule has 0 radical (unpaired) electrons. The lowest BCUT2D eigenvalue weighted by Crippen LogP contribution is -2.51. The fourth-order valence-electron chi connectivity index (χ4n) is 2.26. The Hall–Kier alpha value is -1.82. The zero-order chi connectivity index (χ0) is 14.0. The Morgan fingerprint density at radius 2 is 2.37 bits per heavy atom. The fraction of sp³-hybridized carbons (Fsp3) is 0.462. The molecule has 1 amide bonds. The van der Waals surface area contributed by atoms with Crippen LogP contribution in [0, 0.1) is 5.82 Å². The van der Waals surface area contributed by atoms with Crippen molar-refractivity contribution in [2.45, 2.75) is 25.4 Å². The van der Waals surface area contributed by atoms with Gasteiger partial charge in [-0.25, -0.2) is 9.18 Å². The first-order valence-electron chi connectivity index (χ1n) is 6.23. The lowest BCUT2D eigenvalue weighted by molar-refractivity contribution is 0.138. The molecule has 6 heteroatoms. The van der Waals surface area contributed by atoms with E-state index in [2.05, 4.69) is 4.90 Å². The Morgan fingerprint density at radius 1 is 1.63 bits per heavy atom. The van der Waals surface area contributed by atoms with E-state index in [0.29, 0.717) is 0 Å². The largest absolute Gasteiger partial charge is 0.448 e. The number of carbonyl (C=O) groups excluding carboxylic acids is 1. The molecule has 1 aromatic carbocycles. The van der Waals surface area contributed by atoms with E-state index >= 15 is 0 Å². The second kappa shape index (κ2) is 5.44. The molecule has 0 spiro atoms. The van der Waals surface area contributed by atoms with Crippen LogP contribution in [0.3, 0.4) is 0 Å². The number of nitrogens with zero attached hydrogens (tertiary/aromatic N) is 1. The maximum absolute atomic E-state index is 13.3. The summed E-state index contributed by atoms with van der Waals surface area (Å²) in [5.41, 5.74) is 12.5.